The molecule has 2 heterocycles. The molecule has 9 nitrogen and oxygen atoms in total. The summed E-state index contributed by atoms with van der Waals surface area (Å²) in [7, 11) is 0. The first-order valence-electron chi connectivity index (χ1n) is 9.65. The number of hydrazine groups is 1. The molecular weight excluding hydrogens is 458 g/mol. The van der Waals surface area contributed by atoms with Gasteiger partial charge in [-0.15, -0.1) is 4.91 Å². The van der Waals surface area contributed by atoms with Gasteiger partial charge in [0.15, 0.2) is 0 Å². The summed E-state index contributed by atoms with van der Waals surface area (Å²) >= 11 is 0. The molecule has 0 saturated heterocycles. The van der Waals surface area contributed by atoms with Crippen molar-refractivity contribution in [3.63, 3.8) is 0 Å². The lowest BCUT2D eigenvalue weighted by Crippen LogP contribution is -2.52. The van der Waals surface area contributed by atoms with Crippen LogP contribution >= 0.6 is 0 Å². The highest BCUT2D eigenvalue weighted by Crippen LogP contribution is 2.48. The van der Waals surface area contributed by atoms with Gasteiger partial charge in [-0.1, -0.05) is 12.1 Å². The Bertz CT molecular complexity index is 1150. The van der Waals surface area contributed by atoms with Gasteiger partial charge in [-0.25, -0.2) is 14.6 Å². The first-order chi connectivity index (χ1) is 16.2. The van der Waals surface area contributed by atoms with Crippen LogP contribution in [-0.4, -0.2) is 27.9 Å². The minimum absolute atomic E-state index is 0.0550. The Balaban J connectivity index is 1.99. The second-order valence-electron chi connectivity index (χ2n) is 7.08. The summed E-state index contributed by atoms with van der Waals surface area (Å²) in [5, 5.41) is 6.21. The van der Waals surface area contributed by atoms with Crippen LogP contribution in [0, 0.1) is 16.5 Å². The van der Waals surface area contributed by atoms with Crippen LogP contribution in [0.3, 0.4) is 0 Å². The zero-order valence-corrected chi connectivity index (χ0v) is 17.5. The van der Waals surface area contributed by atoms with Crippen LogP contribution < -0.4 is 16.4 Å². The Morgan fingerprint density at radius 2 is 1.91 bits per heavy atom. The molecule has 0 aliphatic carbocycles. The van der Waals surface area contributed by atoms with Gasteiger partial charge in [0.1, 0.15) is 36.0 Å². The Kier molecular flexibility index (Phi) is 7.36. The maximum Gasteiger partial charge on any atom is 0.323 e. The summed E-state index contributed by atoms with van der Waals surface area (Å²) < 4.78 is 65.1. The van der Waals surface area contributed by atoms with Gasteiger partial charge in [0.2, 0.25) is 5.54 Å². The van der Waals surface area contributed by atoms with Crippen molar-refractivity contribution in [3.8, 4) is 5.75 Å². The minimum atomic E-state index is -4.22. The van der Waals surface area contributed by atoms with E-state index in [9.17, 15) is 13.7 Å². The Labute approximate surface area is 191 Å². The third kappa shape index (κ3) is 4.93. The summed E-state index contributed by atoms with van der Waals surface area (Å²) in [4.78, 5) is 19.7. The molecule has 1 aromatic carbocycles. The molecule has 0 amide bonds. The molecule has 0 aliphatic rings. The fourth-order valence-electron chi connectivity index (χ4n) is 3.21. The maximum absolute atomic E-state index is 15.8. The van der Waals surface area contributed by atoms with Crippen molar-refractivity contribution in [3.05, 3.63) is 94.4 Å². The SMILES string of the molecule is N/N=C\N(N)CC(N=O)(c1ccc(F)cc1F)C(F)(F)c1ccc(OCc2ccccn2)cn1. The summed E-state index contributed by atoms with van der Waals surface area (Å²) in [5.41, 5.74) is -4.40. The molecule has 3 rings (SSSR count). The Hall–Kier alpha value is -4.13. The lowest BCUT2D eigenvalue weighted by Gasteiger charge is -2.36. The summed E-state index contributed by atoms with van der Waals surface area (Å²) in [6, 6.07) is 9.04. The number of ether oxygens (including phenoxy) is 1. The van der Waals surface area contributed by atoms with Crippen LogP contribution in [0.2, 0.25) is 0 Å². The van der Waals surface area contributed by atoms with Gasteiger partial charge in [0, 0.05) is 17.8 Å². The molecule has 178 valence electrons. The molecule has 1 atom stereocenters. The van der Waals surface area contributed by atoms with Crippen molar-refractivity contribution in [2.75, 3.05) is 6.54 Å². The molecule has 1 unspecified atom stereocenters. The number of hydrogen-bond acceptors (Lipinski definition) is 8. The number of halogens is 4. The van der Waals surface area contributed by atoms with E-state index in [1.807, 2.05) is 0 Å². The van der Waals surface area contributed by atoms with Gasteiger partial charge < -0.3 is 10.6 Å². The van der Waals surface area contributed by atoms with Gasteiger partial charge in [0.25, 0.3) is 0 Å². The molecule has 2 aromatic heterocycles. The third-order valence-electron chi connectivity index (χ3n) is 4.85. The number of pyridine rings is 2. The smallest absolute Gasteiger partial charge is 0.323 e. The minimum Gasteiger partial charge on any atom is -0.486 e. The highest BCUT2D eigenvalue weighted by Gasteiger charge is 2.61. The van der Waals surface area contributed by atoms with E-state index in [0.29, 0.717) is 28.9 Å². The van der Waals surface area contributed by atoms with Crippen LogP contribution in [-0.2, 0) is 18.1 Å². The third-order valence-corrected chi connectivity index (χ3v) is 4.85. The van der Waals surface area contributed by atoms with Crippen molar-refractivity contribution in [1.82, 2.24) is 15.0 Å². The van der Waals surface area contributed by atoms with Gasteiger partial charge >= 0.3 is 5.92 Å². The molecular formula is C21H19F4N7O2. The number of aromatic nitrogens is 2. The molecule has 0 bridgehead atoms. The molecule has 13 heteroatoms. The highest BCUT2D eigenvalue weighted by molar-refractivity contribution is 5.54. The monoisotopic (exact) mass is 477 g/mol. The van der Waals surface area contributed by atoms with Gasteiger partial charge in [0.05, 0.1) is 18.4 Å². The van der Waals surface area contributed by atoms with Gasteiger partial charge in [-0.3, -0.25) is 15.0 Å². The first kappa shape index (κ1) is 24.5. The molecule has 0 spiro atoms. The average Bonchev–Trinajstić information content (AvgIpc) is 2.82. The maximum atomic E-state index is 15.8. The number of benzene rings is 1. The molecule has 34 heavy (non-hydrogen) atoms. The van der Waals surface area contributed by atoms with Crippen LogP contribution in [0.25, 0.3) is 0 Å². The predicted molar refractivity (Wildman–Crippen MR) is 114 cm³/mol. The fourth-order valence-corrected chi connectivity index (χ4v) is 3.21. The molecule has 0 saturated carbocycles. The number of rotatable bonds is 10. The van der Waals surface area contributed by atoms with Gasteiger partial charge in [-0.2, -0.15) is 13.9 Å². The Morgan fingerprint density at radius 3 is 2.50 bits per heavy atom. The quantitative estimate of drug-likeness (QED) is 0.114. The summed E-state index contributed by atoms with van der Waals surface area (Å²) in [5.74, 6) is 4.03. The van der Waals surface area contributed by atoms with E-state index in [1.165, 1.54) is 6.07 Å². The molecule has 3 aromatic rings. The number of hydrogen-bond donors (Lipinski definition) is 2. The lowest BCUT2D eigenvalue weighted by molar-refractivity contribution is -0.0958. The highest BCUT2D eigenvalue weighted by atomic mass is 19.3. The van der Waals surface area contributed by atoms with Crippen molar-refractivity contribution < 1.29 is 22.3 Å². The normalized spacial score (nSPS) is 13.4. The largest absolute Gasteiger partial charge is 0.486 e. The first-order valence-corrected chi connectivity index (χ1v) is 9.65. The van der Waals surface area contributed by atoms with Crippen molar-refractivity contribution in [2.45, 2.75) is 18.1 Å². The second-order valence-corrected chi connectivity index (χ2v) is 7.08. The fraction of sp³-hybridized carbons (Fsp3) is 0.190. The number of nitroso groups, excluding NO2 is 1. The number of alkyl halides is 2. The summed E-state index contributed by atoms with van der Waals surface area (Å²) in [6.45, 7) is -1.01. The number of nitrogens with zero attached hydrogens (tertiary/aromatic N) is 5. The zero-order valence-electron chi connectivity index (χ0n) is 17.5. The number of hydrazone groups is 1. The lowest BCUT2D eigenvalue weighted by atomic mass is 9.81. The standard InChI is InChI=1S/C21H19F4N7O2/c22-14-4-6-17(18(23)9-14)20(31-33,12-32(27)13-30-26)21(24,25)19-7-5-16(10-29-19)34-11-15-3-1-2-8-28-15/h1-10,13H,11-12,26-27H2/b30-13-. The van der Waals surface area contributed by atoms with Crippen LogP contribution in [0.5, 0.6) is 5.75 Å². The van der Waals surface area contributed by atoms with E-state index in [0.717, 1.165) is 18.6 Å². The van der Waals surface area contributed by atoms with E-state index in [4.69, 9.17) is 16.4 Å². The summed E-state index contributed by atoms with van der Waals surface area (Å²) in [6.07, 6.45) is 3.31. The van der Waals surface area contributed by atoms with Gasteiger partial charge in [-0.05, 0) is 35.5 Å². The van der Waals surface area contributed by atoms with Crippen molar-refractivity contribution in [2.24, 2.45) is 22.0 Å². The van der Waals surface area contributed by atoms with Crippen LogP contribution in [0.15, 0.2) is 71.2 Å². The van der Waals surface area contributed by atoms with E-state index in [1.54, 1.807) is 24.4 Å². The molecule has 0 fully saturated rings. The van der Waals surface area contributed by atoms with E-state index >= 15 is 8.78 Å². The molecule has 0 radical (unpaired) electrons. The van der Waals surface area contributed by atoms with Crippen LogP contribution in [0.4, 0.5) is 17.6 Å². The Morgan fingerprint density at radius 1 is 1.12 bits per heavy atom. The topological polar surface area (TPSA) is 132 Å². The second kappa shape index (κ2) is 10.2. The molecule has 0 aliphatic heterocycles. The zero-order chi connectivity index (χ0) is 24.8. The number of nitrogens with two attached hydrogens (primary N) is 2. The average molecular weight is 477 g/mol. The van der Waals surface area contributed by atoms with Crippen molar-refractivity contribution in [1.29, 1.82) is 0 Å². The van der Waals surface area contributed by atoms with E-state index in [2.05, 4.69) is 20.2 Å². The van der Waals surface area contributed by atoms with Crippen LogP contribution in [0.1, 0.15) is 17.0 Å². The van der Waals surface area contributed by atoms with Crippen molar-refractivity contribution >= 4 is 6.34 Å². The predicted octanol–water partition coefficient (Wildman–Crippen LogP) is 3.17. The van der Waals surface area contributed by atoms with E-state index in [-0.39, 0.29) is 12.4 Å². The van der Waals surface area contributed by atoms with E-state index < -0.39 is 40.9 Å². The molecule has 4 N–H and O–H groups in total.